The number of hydrogen-bond donors (Lipinski definition) is 0. The summed E-state index contributed by atoms with van der Waals surface area (Å²) in [6, 6.07) is 20.0. The Morgan fingerprint density at radius 3 is 2.64 bits per heavy atom. The van der Waals surface area contributed by atoms with Crippen molar-refractivity contribution in [3.8, 4) is 5.75 Å². The lowest BCUT2D eigenvalue weighted by Gasteiger charge is -2.35. The molecule has 0 unspecified atom stereocenters. The molecule has 0 atom stereocenters. The van der Waals surface area contributed by atoms with E-state index < -0.39 is 0 Å². The first-order chi connectivity index (χ1) is 13.7. The summed E-state index contributed by atoms with van der Waals surface area (Å²) in [4.78, 5) is 21.3. The topological polar surface area (TPSA) is 45.7 Å². The molecule has 2 heterocycles. The molecule has 2 aromatic carbocycles. The third kappa shape index (κ3) is 3.98. The molecule has 0 saturated carbocycles. The van der Waals surface area contributed by atoms with Gasteiger partial charge in [-0.25, -0.2) is 4.98 Å². The minimum atomic E-state index is 0.0280. The van der Waals surface area contributed by atoms with Gasteiger partial charge in [0, 0.05) is 49.4 Å². The second kappa shape index (κ2) is 8.13. The molecule has 4 rings (SSSR count). The number of carbonyl (C=O) groups excluding carboxylic acids is 1. The molecule has 1 aliphatic heterocycles. The molecule has 142 valence electrons. The van der Waals surface area contributed by atoms with Gasteiger partial charge in [0.2, 0.25) is 5.91 Å². The smallest absolute Gasteiger partial charge is 0.246 e. The zero-order chi connectivity index (χ0) is 19.3. The van der Waals surface area contributed by atoms with Crippen LogP contribution in [-0.4, -0.2) is 49.1 Å². The van der Waals surface area contributed by atoms with E-state index in [1.54, 1.807) is 19.3 Å². The molecule has 5 nitrogen and oxygen atoms in total. The predicted octanol–water partition coefficient (Wildman–Crippen LogP) is 3.61. The van der Waals surface area contributed by atoms with Gasteiger partial charge in [0.15, 0.2) is 0 Å². The van der Waals surface area contributed by atoms with Crippen molar-refractivity contribution in [2.45, 2.75) is 0 Å². The van der Waals surface area contributed by atoms with Crippen LogP contribution in [0.15, 0.2) is 66.7 Å². The molecule has 1 aromatic heterocycles. The minimum absolute atomic E-state index is 0.0280. The molecular weight excluding hydrogens is 350 g/mol. The summed E-state index contributed by atoms with van der Waals surface area (Å²) in [5, 5.41) is 1.10. The number of rotatable bonds is 4. The van der Waals surface area contributed by atoms with Gasteiger partial charge in [0.1, 0.15) is 5.75 Å². The van der Waals surface area contributed by atoms with E-state index in [9.17, 15) is 4.79 Å². The van der Waals surface area contributed by atoms with Crippen LogP contribution in [0.5, 0.6) is 5.75 Å². The number of ether oxygens (including phenoxy) is 1. The monoisotopic (exact) mass is 373 g/mol. The van der Waals surface area contributed by atoms with Crippen molar-refractivity contribution in [3.63, 3.8) is 0 Å². The number of hydrogen-bond acceptors (Lipinski definition) is 4. The molecule has 1 aliphatic rings. The number of piperazine rings is 1. The number of methoxy groups -OCH3 is 1. The summed E-state index contributed by atoms with van der Waals surface area (Å²) in [6.45, 7) is 3.01. The Hall–Kier alpha value is -3.34. The Morgan fingerprint density at radius 2 is 1.82 bits per heavy atom. The van der Waals surface area contributed by atoms with Crippen molar-refractivity contribution < 1.29 is 9.53 Å². The second-order valence-corrected chi connectivity index (χ2v) is 6.78. The van der Waals surface area contributed by atoms with Crippen LogP contribution in [0.4, 0.5) is 5.69 Å². The molecule has 0 N–H and O–H groups in total. The van der Waals surface area contributed by atoms with Gasteiger partial charge in [0.05, 0.1) is 18.3 Å². The fourth-order valence-corrected chi connectivity index (χ4v) is 3.43. The average Bonchev–Trinajstić information content (AvgIpc) is 2.77. The van der Waals surface area contributed by atoms with Gasteiger partial charge < -0.3 is 14.5 Å². The Morgan fingerprint density at radius 1 is 1.00 bits per heavy atom. The number of benzene rings is 2. The zero-order valence-electron chi connectivity index (χ0n) is 15.9. The van der Waals surface area contributed by atoms with E-state index in [4.69, 9.17) is 4.74 Å². The minimum Gasteiger partial charge on any atom is -0.497 e. The number of pyridine rings is 1. The molecule has 0 bridgehead atoms. The Labute approximate surface area is 164 Å². The summed E-state index contributed by atoms with van der Waals surface area (Å²) in [6.07, 6.45) is 3.42. The van der Waals surface area contributed by atoms with E-state index in [1.807, 2.05) is 59.5 Å². The summed E-state index contributed by atoms with van der Waals surface area (Å²) >= 11 is 0. The fourth-order valence-electron chi connectivity index (χ4n) is 3.43. The van der Waals surface area contributed by atoms with Crippen molar-refractivity contribution in [1.29, 1.82) is 0 Å². The highest BCUT2D eigenvalue weighted by Gasteiger charge is 2.20. The van der Waals surface area contributed by atoms with Gasteiger partial charge in [-0.3, -0.25) is 4.79 Å². The second-order valence-electron chi connectivity index (χ2n) is 6.78. The number of para-hydroxylation sites is 1. The first-order valence-corrected chi connectivity index (χ1v) is 9.45. The Balaban J connectivity index is 1.37. The number of amides is 1. The molecule has 0 radical (unpaired) electrons. The number of nitrogens with zero attached hydrogens (tertiary/aromatic N) is 3. The number of aromatic nitrogens is 1. The van der Waals surface area contributed by atoms with Gasteiger partial charge in [0.25, 0.3) is 0 Å². The van der Waals surface area contributed by atoms with Gasteiger partial charge in [-0.1, -0.05) is 30.3 Å². The highest BCUT2D eigenvalue weighted by Crippen LogP contribution is 2.22. The molecule has 0 spiro atoms. The summed E-state index contributed by atoms with van der Waals surface area (Å²) < 4.78 is 5.30. The Kier molecular flexibility index (Phi) is 5.24. The van der Waals surface area contributed by atoms with Crippen LogP contribution in [0.2, 0.25) is 0 Å². The van der Waals surface area contributed by atoms with E-state index >= 15 is 0 Å². The maximum absolute atomic E-state index is 12.6. The third-order valence-corrected chi connectivity index (χ3v) is 5.03. The van der Waals surface area contributed by atoms with Crippen LogP contribution in [0.3, 0.4) is 0 Å². The predicted molar refractivity (Wildman–Crippen MR) is 113 cm³/mol. The van der Waals surface area contributed by atoms with E-state index in [1.165, 1.54) is 0 Å². The number of anilines is 1. The number of fused-ring (bicyclic) bond motifs is 1. The van der Waals surface area contributed by atoms with Crippen LogP contribution < -0.4 is 9.64 Å². The highest BCUT2D eigenvalue weighted by atomic mass is 16.5. The molecule has 1 saturated heterocycles. The van der Waals surface area contributed by atoms with Crippen LogP contribution >= 0.6 is 0 Å². The average molecular weight is 373 g/mol. The van der Waals surface area contributed by atoms with E-state index in [2.05, 4.69) is 16.0 Å². The van der Waals surface area contributed by atoms with Crippen LogP contribution in [-0.2, 0) is 4.79 Å². The third-order valence-electron chi connectivity index (χ3n) is 5.03. The van der Waals surface area contributed by atoms with E-state index in [0.717, 1.165) is 41.1 Å². The van der Waals surface area contributed by atoms with Crippen molar-refractivity contribution in [2.24, 2.45) is 0 Å². The summed E-state index contributed by atoms with van der Waals surface area (Å²) in [7, 11) is 1.67. The molecular formula is C23H23N3O2. The van der Waals surface area contributed by atoms with Crippen molar-refractivity contribution in [3.05, 3.63) is 72.4 Å². The van der Waals surface area contributed by atoms with Crippen molar-refractivity contribution >= 4 is 28.6 Å². The standard InChI is InChI=1S/C23H23N3O2/c1-28-21-7-4-6-20(17-21)25-13-15-26(16-14-25)23(27)12-11-19-10-9-18-5-2-3-8-22(18)24-19/h2-12,17H,13-16H2,1H3/b12-11+. The van der Waals surface area contributed by atoms with Crippen LogP contribution in [0.25, 0.3) is 17.0 Å². The fraction of sp³-hybridized carbons (Fsp3) is 0.217. The highest BCUT2D eigenvalue weighted by molar-refractivity contribution is 5.92. The normalized spacial score (nSPS) is 14.6. The number of carbonyl (C=O) groups is 1. The largest absolute Gasteiger partial charge is 0.497 e. The SMILES string of the molecule is COc1cccc(N2CCN(C(=O)/C=C/c3ccc4ccccc4n3)CC2)c1. The molecule has 1 amide bonds. The molecule has 0 aliphatic carbocycles. The zero-order valence-corrected chi connectivity index (χ0v) is 15.9. The first-order valence-electron chi connectivity index (χ1n) is 9.45. The van der Waals surface area contributed by atoms with Crippen molar-refractivity contribution in [2.75, 3.05) is 38.2 Å². The summed E-state index contributed by atoms with van der Waals surface area (Å²) in [5.41, 5.74) is 2.86. The van der Waals surface area contributed by atoms with Gasteiger partial charge in [-0.15, -0.1) is 0 Å². The lowest BCUT2D eigenvalue weighted by molar-refractivity contribution is -0.126. The van der Waals surface area contributed by atoms with Crippen LogP contribution in [0, 0.1) is 0 Å². The van der Waals surface area contributed by atoms with Gasteiger partial charge >= 0.3 is 0 Å². The lowest BCUT2D eigenvalue weighted by Crippen LogP contribution is -2.48. The Bertz CT molecular complexity index is 1010. The summed E-state index contributed by atoms with van der Waals surface area (Å²) in [5.74, 6) is 0.877. The van der Waals surface area contributed by atoms with E-state index in [-0.39, 0.29) is 5.91 Å². The molecule has 28 heavy (non-hydrogen) atoms. The first kappa shape index (κ1) is 18.0. The van der Waals surface area contributed by atoms with Crippen molar-refractivity contribution in [1.82, 2.24) is 9.88 Å². The molecule has 1 fully saturated rings. The van der Waals surface area contributed by atoms with E-state index in [0.29, 0.717) is 13.1 Å². The maximum Gasteiger partial charge on any atom is 0.246 e. The van der Waals surface area contributed by atoms with Crippen LogP contribution in [0.1, 0.15) is 5.69 Å². The maximum atomic E-state index is 12.6. The molecule has 3 aromatic rings. The van der Waals surface area contributed by atoms with Gasteiger partial charge in [-0.05, 0) is 30.3 Å². The van der Waals surface area contributed by atoms with Gasteiger partial charge in [-0.2, -0.15) is 0 Å². The molecule has 5 heteroatoms. The lowest BCUT2D eigenvalue weighted by atomic mass is 10.2. The quantitative estimate of drug-likeness (QED) is 0.656.